The van der Waals surface area contributed by atoms with Crippen molar-refractivity contribution in [2.45, 2.75) is 19.6 Å². The van der Waals surface area contributed by atoms with E-state index < -0.39 is 18.0 Å². The van der Waals surface area contributed by atoms with Crippen LogP contribution >= 0.6 is 11.6 Å². The van der Waals surface area contributed by atoms with Gasteiger partial charge in [0.15, 0.2) is 6.10 Å². The summed E-state index contributed by atoms with van der Waals surface area (Å²) in [5, 5.41) is 20.2. The molecule has 94 valence electrons. The maximum absolute atomic E-state index is 11.7. The summed E-state index contributed by atoms with van der Waals surface area (Å²) in [5.41, 5.74) is 0.329. The number of aliphatic carboxylic acids is 1. The lowest BCUT2D eigenvalue weighted by atomic mass is 10.3. The smallest absolute Gasteiger partial charge is 0.334 e. The van der Waals surface area contributed by atoms with Gasteiger partial charge in [0.05, 0.1) is 11.6 Å². The van der Waals surface area contributed by atoms with E-state index in [1.165, 1.54) is 6.07 Å². The number of amides is 1. The first-order chi connectivity index (χ1) is 7.95. The number of carbonyl (C=O) groups is 2. The van der Waals surface area contributed by atoms with Crippen LogP contribution in [0, 0.1) is 0 Å². The third kappa shape index (κ3) is 3.47. The Labute approximate surface area is 103 Å². The van der Waals surface area contributed by atoms with Crippen LogP contribution < -0.4 is 5.32 Å². The maximum atomic E-state index is 11.7. The van der Waals surface area contributed by atoms with Crippen LogP contribution in [0.1, 0.15) is 17.4 Å². The number of rotatable bonds is 5. The number of nitrogens with one attached hydrogen (secondary N) is 1. The highest BCUT2D eigenvalue weighted by molar-refractivity contribution is 6.31. The van der Waals surface area contributed by atoms with Crippen molar-refractivity contribution < 1.29 is 19.8 Å². The zero-order valence-corrected chi connectivity index (χ0v) is 9.94. The second-order valence-electron chi connectivity index (χ2n) is 3.39. The molecule has 17 heavy (non-hydrogen) atoms. The summed E-state index contributed by atoms with van der Waals surface area (Å²) in [6.07, 6.45) is -0.0103. The zero-order chi connectivity index (χ0) is 13.0. The molecular weight excluding hydrogens is 248 g/mol. The molecule has 3 N–H and O–H groups in total. The molecule has 0 aliphatic rings. The minimum Gasteiger partial charge on any atom is -0.479 e. The van der Waals surface area contributed by atoms with Crippen molar-refractivity contribution in [3.8, 4) is 0 Å². The maximum Gasteiger partial charge on any atom is 0.334 e. The van der Waals surface area contributed by atoms with Crippen molar-refractivity contribution in [1.29, 1.82) is 0 Å². The molecule has 0 fully saturated rings. The third-order valence-electron chi connectivity index (χ3n) is 2.18. The first-order valence-corrected chi connectivity index (χ1v) is 5.38. The molecule has 1 heterocycles. The second kappa shape index (κ2) is 5.70. The standard InChI is InChI=1S/C10H13ClN2O4/c1-2-13-5-6(11)3-7(13)9(15)12-4-8(14)10(16)17/h3,5,8,14H,2,4H2,1H3,(H,12,15)(H,16,17)/t8-/m0/s1. The summed E-state index contributed by atoms with van der Waals surface area (Å²) in [6.45, 7) is 2.07. The predicted molar refractivity (Wildman–Crippen MR) is 61.1 cm³/mol. The largest absolute Gasteiger partial charge is 0.479 e. The summed E-state index contributed by atoms with van der Waals surface area (Å²) in [4.78, 5) is 22.0. The minimum atomic E-state index is -1.61. The quantitative estimate of drug-likeness (QED) is 0.712. The predicted octanol–water partition coefficient (Wildman–Crippen LogP) is 0.337. The van der Waals surface area contributed by atoms with Gasteiger partial charge in [-0.25, -0.2) is 4.79 Å². The van der Waals surface area contributed by atoms with Crippen molar-refractivity contribution in [1.82, 2.24) is 9.88 Å². The number of aliphatic hydroxyl groups is 1. The molecule has 1 atom stereocenters. The number of aliphatic hydroxyl groups excluding tert-OH is 1. The van der Waals surface area contributed by atoms with Crippen molar-refractivity contribution in [3.63, 3.8) is 0 Å². The fourth-order valence-electron chi connectivity index (χ4n) is 1.29. The van der Waals surface area contributed by atoms with E-state index in [1.54, 1.807) is 10.8 Å². The number of hydrogen-bond acceptors (Lipinski definition) is 3. The van der Waals surface area contributed by atoms with Crippen LogP contribution in [0.5, 0.6) is 0 Å². The number of carboxylic acids is 1. The Morgan fingerprint density at radius 1 is 1.59 bits per heavy atom. The van der Waals surface area contributed by atoms with Gasteiger partial charge < -0.3 is 20.1 Å². The van der Waals surface area contributed by atoms with Crippen LogP contribution in [0.4, 0.5) is 0 Å². The average Bonchev–Trinajstić information content (AvgIpc) is 2.66. The summed E-state index contributed by atoms with van der Waals surface area (Å²) in [6, 6.07) is 1.48. The van der Waals surface area contributed by atoms with E-state index in [-0.39, 0.29) is 6.54 Å². The molecule has 0 aliphatic heterocycles. The lowest BCUT2D eigenvalue weighted by Gasteiger charge is -2.09. The van der Waals surface area contributed by atoms with Crippen LogP contribution in [-0.2, 0) is 11.3 Å². The fourth-order valence-corrected chi connectivity index (χ4v) is 1.52. The van der Waals surface area contributed by atoms with Crippen molar-refractivity contribution in [2.24, 2.45) is 0 Å². The van der Waals surface area contributed by atoms with Crippen molar-refractivity contribution in [3.05, 3.63) is 23.0 Å². The molecule has 1 aromatic heterocycles. The summed E-state index contributed by atoms with van der Waals surface area (Å²) < 4.78 is 1.63. The number of aromatic nitrogens is 1. The molecule has 7 heteroatoms. The van der Waals surface area contributed by atoms with Gasteiger partial charge in [-0.3, -0.25) is 4.79 Å². The van der Waals surface area contributed by atoms with E-state index in [2.05, 4.69) is 5.32 Å². The molecule has 0 saturated heterocycles. The van der Waals surface area contributed by atoms with Gasteiger partial charge in [-0.15, -0.1) is 0 Å². The van der Waals surface area contributed by atoms with E-state index in [0.29, 0.717) is 17.3 Å². The van der Waals surface area contributed by atoms with Crippen LogP contribution in [0.15, 0.2) is 12.3 Å². The first-order valence-electron chi connectivity index (χ1n) is 5.00. The van der Waals surface area contributed by atoms with E-state index in [9.17, 15) is 9.59 Å². The SMILES string of the molecule is CCn1cc(Cl)cc1C(=O)NC[C@H](O)C(=O)O. The van der Waals surface area contributed by atoms with Gasteiger partial charge in [-0.2, -0.15) is 0 Å². The van der Waals surface area contributed by atoms with Gasteiger partial charge in [0, 0.05) is 12.7 Å². The molecule has 0 aromatic carbocycles. The van der Waals surface area contributed by atoms with Gasteiger partial charge in [0.2, 0.25) is 0 Å². The highest BCUT2D eigenvalue weighted by Gasteiger charge is 2.17. The molecule has 0 saturated carbocycles. The normalized spacial score (nSPS) is 12.2. The Morgan fingerprint density at radius 2 is 2.24 bits per heavy atom. The molecule has 0 bridgehead atoms. The average molecular weight is 261 g/mol. The third-order valence-corrected chi connectivity index (χ3v) is 2.38. The van der Waals surface area contributed by atoms with Crippen LogP contribution in [-0.4, -0.2) is 39.3 Å². The van der Waals surface area contributed by atoms with Gasteiger partial charge >= 0.3 is 5.97 Å². The van der Waals surface area contributed by atoms with Gasteiger partial charge in [0.1, 0.15) is 5.69 Å². The molecule has 0 spiro atoms. The molecule has 1 amide bonds. The van der Waals surface area contributed by atoms with E-state index in [0.717, 1.165) is 0 Å². The lowest BCUT2D eigenvalue weighted by Crippen LogP contribution is -2.37. The fraction of sp³-hybridized carbons (Fsp3) is 0.400. The molecule has 1 rings (SSSR count). The lowest BCUT2D eigenvalue weighted by molar-refractivity contribution is -0.146. The number of aryl methyl sites for hydroxylation is 1. The number of nitrogens with zero attached hydrogens (tertiary/aromatic N) is 1. The monoisotopic (exact) mass is 260 g/mol. The summed E-state index contributed by atoms with van der Waals surface area (Å²) in [5.74, 6) is -1.85. The Hall–Kier alpha value is -1.53. The Kier molecular flexibility index (Phi) is 4.53. The van der Waals surface area contributed by atoms with E-state index >= 15 is 0 Å². The van der Waals surface area contributed by atoms with Crippen molar-refractivity contribution >= 4 is 23.5 Å². The van der Waals surface area contributed by atoms with E-state index in [4.69, 9.17) is 21.8 Å². The Balaban J connectivity index is 2.66. The number of halogens is 1. The highest BCUT2D eigenvalue weighted by atomic mass is 35.5. The van der Waals surface area contributed by atoms with Crippen LogP contribution in [0.2, 0.25) is 5.02 Å². The first kappa shape index (κ1) is 13.5. The van der Waals surface area contributed by atoms with Crippen molar-refractivity contribution in [2.75, 3.05) is 6.54 Å². The number of carbonyl (C=O) groups excluding carboxylic acids is 1. The number of carboxylic acid groups (broad SMARTS) is 1. The van der Waals surface area contributed by atoms with Gasteiger partial charge in [-0.05, 0) is 13.0 Å². The second-order valence-corrected chi connectivity index (χ2v) is 3.83. The molecule has 6 nitrogen and oxygen atoms in total. The zero-order valence-electron chi connectivity index (χ0n) is 9.18. The van der Waals surface area contributed by atoms with E-state index in [1.807, 2.05) is 6.92 Å². The summed E-state index contributed by atoms with van der Waals surface area (Å²) >= 11 is 5.76. The van der Waals surface area contributed by atoms with Crippen LogP contribution in [0.3, 0.4) is 0 Å². The molecule has 0 aliphatic carbocycles. The highest BCUT2D eigenvalue weighted by Crippen LogP contribution is 2.13. The molecule has 1 aromatic rings. The Morgan fingerprint density at radius 3 is 2.76 bits per heavy atom. The van der Waals surface area contributed by atoms with Crippen LogP contribution in [0.25, 0.3) is 0 Å². The topological polar surface area (TPSA) is 91.6 Å². The molecule has 0 unspecified atom stereocenters. The molecule has 0 radical (unpaired) electrons. The Bertz CT molecular complexity index is 430. The van der Waals surface area contributed by atoms with Gasteiger partial charge in [0.25, 0.3) is 5.91 Å². The number of hydrogen-bond donors (Lipinski definition) is 3. The molecular formula is C10H13ClN2O4. The van der Waals surface area contributed by atoms with Gasteiger partial charge in [-0.1, -0.05) is 11.6 Å². The summed E-state index contributed by atoms with van der Waals surface area (Å²) in [7, 11) is 0. The minimum absolute atomic E-state index is 0.329.